The van der Waals surface area contributed by atoms with Crippen molar-refractivity contribution in [2.75, 3.05) is 6.61 Å². The maximum absolute atomic E-state index is 12.0. The Bertz CT molecular complexity index is 647. The van der Waals surface area contributed by atoms with Gasteiger partial charge in [0.1, 0.15) is 6.10 Å². The van der Waals surface area contributed by atoms with Gasteiger partial charge in [0.05, 0.1) is 13.2 Å². The van der Waals surface area contributed by atoms with Gasteiger partial charge < -0.3 is 20.8 Å². The molecule has 2 aromatic rings. The van der Waals surface area contributed by atoms with E-state index in [1.807, 2.05) is 24.3 Å². The van der Waals surface area contributed by atoms with Gasteiger partial charge in [-0.1, -0.05) is 11.6 Å². The van der Waals surface area contributed by atoms with Gasteiger partial charge in [-0.15, -0.1) is 0 Å². The highest BCUT2D eigenvalue weighted by Gasteiger charge is 2.25. The molecule has 3 rings (SSSR count). The first-order valence-electron chi connectivity index (χ1n) is 7.04. The van der Waals surface area contributed by atoms with Crippen LogP contribution in [0.15, 0.2) is 24.3 Å². The molecule has 1 aliphatic rings. The molecular formula is C15H18ClN3O2. The molecule has 0 bridgehead atoms. The number of halogens is 1. The number of nitrogens with one attached hydrogen (secondary N) is 2. The number of H-pyrrole nitrogens is 1. The molecule has 0 radical (unpaired) electrons. The van der Waals surface area contributed by atoms with Crippen LogP contribution in [0, 0.1) is 0 Å². The van der Waals surface area contributed by atoms with Crippen molar-refractivity contribution in [3.05, 3.63) is 35.0 Å². The van der Waals surface area contributed by atoms with Crippen LogP contribution in [0.1, 0.15) is 18.5 Å². The second-order valence-corrected chi connectivity index (χ2v) is 5.84. The molecule has 2 heterocycles. The summed E-state index contributed by atoms with van der Waals surface area (Å²) < 4.78 is 5.45. The maximum atomic E-state index is 12.0. The van der Waals surface area contributed by atoms with Crippen molar-refractivity contribution in [1.29, 1.82) is 0 Å². The van der Waals surface area contributed by atoms with Crippen molar-refractivity contribution in [2.45, 2.75) is 31.5 Å². The third kappa shape index (κ3) is 3.37. The molecule has 0 unspecified atom stereocenters. The van der Waals surface area contributed by atoms with Crippen LogP contribution in [-0.2, 0) is 16.1 Å². The second-order valence-electron chi connectivity index (χ2n) is 5.40. The Morgan fingerprint density at radius 1 is 1.43 bits per heavy atom. The lowest BCUT2D eigenvalue weighted by molar-refractivity contribution is -0.136. The number of rotatable bonds is 3. The molecule has 0 aliphatic carbocycles. The van der Waals surface area contributed by atoms with Crippen LogP contribution in [0.4, 0.5) is 0 Å². The lowest BCUT2D eigenvalue weighted by Gasteiger charge is -2.25. The number of benzene rings is 1. The summed E-state index contributed by atoms with van der Waals surface area (Å²) in [5, 5.41) is 4.62. The third-order valence-corrected chi connectivity index (χ3v) is 3.93. The number of fused-ring (bicyclic) bond motifs is 1. The lowest BCUT2D eigenvalue weighted by atomic mass is 10.1. The number of aromatic nitrogens is 1. The van der Waals surface area contributed by atoms with Crippen LogP contribution in [0.2, 0.25) is 5.02 Å². The Morgan fingerprint density at radius 2 is 2.29 bits per heavy atom. The molecule has 21 heavy (non-hydrogen) atoms. The molecule has 1 aromatic heterocycles. The molecule has 5 nitrogen and oxygen atoms in total. The summed E-state index contributed by atoms with van der Waals surface area (Å²) in [5.41, 5.74) is 7.69. The topological polar surface area (TPSA) is 80.1 Å². The van der Waals surface area contributed by atoms with Gasteiger partial charge in [0.25, 0.3) is 0 Å². The minimum atomic E-state index is -0.386. The fraction of sp³-hybridized carbons (Fsp3) is 0.400. The van der Waals surface area contributed by atoms with Crippen molar-refractivity contribution in [2.24, 2.45) is 5.73 Å². The van der Waals surface area contributed by atoms with Crippen molar-refractivity contribution >= 4 is 28.4 Å². The van der Waals surface area contributed by atoms with E-state index in [9.17, 15) is 4.79 Å². The summed E-state index contributed by atoms with van der Waals surface area (Å²) in [6.45, 7) is 0.889. The summed E-state index contributed by atoms with van der Waals surface area (Å²) in [5.74, 6) is -0.0846. The Hall–Kier alpha value is -1.56. The number of carbonyl (C=O) groups excluding carboxylic acids is 1. The van der Waals surface area contributed by atoms with E-state index in [2.05, 4.69) is 10.3 Å². The van der Waals surface area contributed by atoms with E-state index in [1.165, 1.54) is 0 Å². The first-order valence-corrected chi connectivity index (χ1v) is 7.41. The number of ether oxygens (including phenoxy) is 1. The second kappa shape index (κ2) is 6.05. The Morgan fingerprint density at radius 3 is 3.05 bits per heavy atom. The molecule has 1 aliphatic heterocycles. The van der Waals surface area contributed by atoms with Crippen LogP contribution in [0.5, 0.6) is 0 Å². The number of amides is 1. The SMILES string of the molecule is N[C@@H]1CC[C@@H](C(=O)NCc2cc3cc(Cl)ccc3[nH]2)OC1. The highest BCUT2D eigenvalue weighted by atomic mass is 35.5. The molecule has 1 amide bonds. The Kier molecular flexibility index (Phi) is 4.14. The quantitative estimate of drug-likeness (QED) is 0.810. The van der Waals surface area contributed by atoms with Gasteiger partial charge in [-0.05, 0) is 37.1 Å². The normalized spacial score (nSPS) is 22.4. The Balaban J connectivity index is 1.59. The summed E-state index contributed by atoms with van der Waals surface area (Å²) in [4.78, 5) is 15.3. The fourth-order valence-corrected chi connectivity index (χ4v) is 2.71. The largest absolute Gasteiger partial charge is 0.367 e. The van der Waals surface area contributed by atoms with Gasteiger partial charge >= 0.3 is 0 Å². The first kappa shape index (κ1) is 14.4. The Labute approximate surface area is 127 Å². The third-order valence-electron chi connectivity index (χ3n) is 3.70. The molecule has 0 saturated carbocycles. The van der Waals surface area contributed by atoms with Crippen LogP contribution in [0.3, 0.4) is 0 Å². The van der Waals surface area contributed by atoms with Gasteiger partial charge in [-0.3, -0.25) is 4.79 Å². The van der Waals surface area contributed by atoms with Crippen LogP contribution in [0.25, 0.3) is 10.9 Å². The van der Waals surface area contributed by atoms with Crippen LogP contribution < -0.4 is 11.1 Å². The van der Waals surface area contributed by atoms with E-state index >= 15 is 0 Å². The first-order chi connectivity index (χ1) is 10.1. The molecule has 0 spiro atoms. The number of nitrogens with two attached hydrogens (primary N) is 1. The molecule has 2 atom stereocenters. The van der Waals surface area contributed by atoms with E-state index in [0.29, 0.717) is 24.6 Å². The zero-order valence-corrected chi connectivity index (χ0v) is 12.3. The van der Waals surface area contributed by atoms with Gasteiger partial charge in [0, 0.05) is 27.7 Å². The highest BCUT2D eigenvalue weighted by molar-refractivity contribution is 6.31. The smallest absolute Gasteiger partial charge is 0.249 e. The molecule has 1 fully saturated rings. The van der Waals surface area contributed by atoms with Crippen molar-refractivity contribution < 1.29 is 9.53 Å². The summed E-state index contributed by atoms with van der Waals surface area (Å²) in [6, 6.07) is 7.69. The maximum Gasteiger partial charge on any atom is 0.249 e. The van der Waals surface area contributed by atoms with E-state index < -0.39 is 0 Å². The number of carbonyl (C=O) groups is 1. The van der Waals surface area contributed by atoms with E-state index in [4.69, 9.17) is 22.1 Å². The zero-order chi connectivity index (χ0) is 14.8. The molecule has 1 saturated heterocycles. The van der Waals surface area contributed by atoms with Gasteiger partial charge in [0.2, 0.25) is 5.91 Å². The van der Waals surface area contributed by atoms with E-state index in [1.54, 1.807) is 0 Å². The highest BCUT2D eigenvalue weighted by Crippen LogP contribution is 2.20. The van der Waals surface area contributed by atoms with E-state index in [0.717, 1.165) is 23.0 Å². The average Bonchev–Trinajstić information content (AvgIpc) is 2.87. The standard InChI is InChI=1S/C15H18ClN3O2/c16-10-1-3-13-9(5-10)6-12(19-13)7-18-15(20)14-4-2-11(17)8-21-14/h1,3,5-6,11,14,19H,2,4,7-8,17H2,(H,18,20)/t11-,14+/m1/s1. The van der Waals surface area contributed by atoms with Gasteiger partial charge in [-0.2, -0.15) is 0 Å². The van der Waals surface area contributed by atoms with Crippen molar-refractivity contribution in [3.8, 4) is 0 Å². The zero-order valence-electron chi connectivity index (χ0n) is 11.6. The number of hydrogen-bond donors (Lipinski definition) is 3. The van der Waals surface area contributed by atoms with Crippen LogP contribution in [-0.4, -0.2) is 29.6 Å². The fourth-order valence-electron chi connectivity index (χ4n) is 2.53. The minimum Gasteiger partial charge on any atom is -0.367 e. The van der Waals surface area contributed by atoms with Gasteiger partial charge in [-0.25, -0.2) is 0 Å². The number of hydrogen-bond acceptors (Lipinski definition) is 3. The van der Waals surface area contributed by atoms with Crippen molar-refractivity contribution in [3.63, 3.8) is 0 Å². The number of aromatic amines is 1. The monoisotopic (exact) mass is 307 g/mol. The molecule has 1 aromatic carbocycles. The molecule has 112 valence electrons. The predicted octanol–water partition coefficient (Wildman–Crippen LogP) is 1.94. The molecule has 4 N–H and O–H groups in total. The van der Waals surface area contributed by atoms with E-state index in [-0.39, 0.29) is 18.1 Å². The van der Waals surface area contributed by atoms with Gasteiger partial charge in [0.15, 0.2) is 0 Å². The predicted molar refractivity (Wildman–Crippen MR) is 82.1 cm³/mol. The summed E-state index contributed by atoms with van der Waals surface area (Å²) in [7, 11) is 0. The average molecular weight is 308 g/mol. The lowest BCUT2D eigenvalue weighted by Crippen LogP contribution is -2.43. The minimum absolute atomic E-state index is 0.0486. The van der Waals surface area contributed by atoms with Crippen LogP contribution >= 0.6 is 11.6 Å². The summed E-state index contributed by atoms with van der Waals surface area (Å²) >= 11 is 5.96. The molecular weight excluding hydrogens is 290 g/mol. The van der Waals surface area contributed by atoms with Crippen molar-refractivity contribution in [1.82, 2.24) is 10.3 Å². The summed E-state index contributed by atoms with van der Waals surface area (Å²) in [6.07, 6.45) is 1.11. The molecule has 6 heteroatoms.